The zero-order chi connectivity index (χ0) is 14.0. The van der Waals surface area contributed by atoms with Gasteiger partial charge in [-0.25, -0.2) is 4.79 Å². The second-order valence-electron chi connectivity index (χ2n) is 5.65. The van der Waals surface area contributed by atoms with Crippen LogP contribution in [0.4, 0.5) is 4.79 Å². The van der Waals surface area contributed by atoms with Crippen LogP contribution in [-0.2, 0) is 4.79 Å². The van der Waals surface area contributed by atoms with Crippen molar-refractivity contribution < 1.29 is 9.59 Å². The number of carbonyl (C=O) groups excluding carboxylic acids is 2. The van der Waals surface area contributed by atoms with Gasteiger partial charge in [0.2, 0.25) is 0 Å². The Kier molecular flexibility index (Phi) is 4.40. The second kappa shape index (κ2) is 5.71. The molecule has 2 fully saturated rings. The van der Waals surface area contributed by atoms with Crippen molar-refractivity contribution in [3.05, 3.63) is 0 Å². The molecule has 1 N–H and O–H groups in total. The summed E-state index contributed by atoms with van der Waals surface area (Å²) in [6.07, 6.45) is 3.97. The van der Waals surface area contributed by atoms with Crippen LogP contribution in [0.5, 0.6) is 0 Å². The van der Waals surface area contributed by atoms with Gasteiger partial charge in [-0.15, -0.1) is 0 Å². The van der Waals surface area contributed by atoms with E-state index in [1.54, 1.807) is 0 Å². The molecule has 2 aliphatic rings. The minimum Gasteiger partial charge on any atom is -0.322 e. The fraction of sp³-hybridized carbons (Fsp3) is 0.846. The van der Waals surface area contributed by atoms with Gasteiger partial charge in [-0.3, -0.25) is 9.69 Å². The van der Waals surface area contributed by atoms with Crippen molar-refractivity contribution in [2.75, 3.05) is 31.6 Å². The lowest BCUT2D eigenvalue weighted by Gasteiger charge is -2.23. The molecule has 0 aromatic rings. The third-order valence-corrected chi connectivity index (χ3v) is 4.58. The molecular weight excluding hydrogens is 262 g/mol. The maximum Gasteiger partial charge on any atom is 0.325 e. The first-order valence-electron chi connectivity index (χ1n) is 6.87. The topological polar surface area (TPSA) is 52.7 Å². The molecule has 108 valence electrons. The van der Waals surface area contributed by atoms with Crippen molar-refractivity contribution in [1.29, 1.82) is 0 Å². The minimum absolute atomic E-state index is 0.0418. The summed E-state index contributed by atoms with van der Waals surface area (Å²) >= 11 is 1.84. The fourth-order valence-corrected chi connectivity index (χ4v) is 3.32. The Balaban J connectivity index is 1.98. The van der Waals surface area contributed by atoms with Crippen LogP contribution in [0.1, 0.15) is 26.7 Å². The van der Waals surface area contributed by atoms with Crippen molar-refractivity contribution in [2.24, 2.45) is 0 Å². The summed E-state index contributed by atoms with van der Waals surface area (Å²) in [6.45, 7) is 6.32. The second-order valence-corrected chi connectivity index (χ2v) is 6.64. The highest BCUT2D eigenvalue weighted by Gasteiger charge is 2.54. The van der Waals surface area contributed by atoms with E-state index in [4.69, 9.17) is 0 Å². The Morgan fingerprint density at radius 3 is 2.74 bits per heavy atom. The molecule has 6 heteroatoms. The third-order valence-electron chi connectivity index (χ3n) is 3.88. The lowest BCUT2D eigenvalue weighted by Crippen LogP contribution is -2.49. The van der Waals surface area contributed by atoms with E-state index in [0.29, 0.717) is 6.54 Å². The molecule has 2 rings (SSSR count). The molecule has 1 spiro atoms. The van der Waals surface area contributed by atoms with Crippen molar-refractivity contribution in [3.63, 3.8) is 0 Å². The molecule has 19 heavy (non-hydrogen) atoms. The predicted molar refractivity (Wildman–Crippen MR) is 77.3 cm³/mol. The van der Waals surface area contributed by atoms with Gasteiger partial charge in [0, 0.05) is 19.1 Å². The number of likely N-dealkylation sites (tertiary alicyclic amines) is 1. The molecule has 0 radical (unpaired) electrons. The Bertz CT molecular complexity index is 375. The molecule has 2 heterocycles. The normalized spacial score (nSPS) is 27.9. The van der Waals surface area contributed by atoms with E-state index in [2.05, 4.69) is 16.5 Å². The highest BCUT2D eigenvalue weighted by Crippen LogP contribution is 2.29. The fourth-order valence-electron chi connectivity index (χ4n) is 2.90. The molecule has 1 atom stereocenters. The number of hydrogen-bond donors (Lipinski definition) is 1. The molecular formula is C13H23N3O2S. The van der Waals surface area contributed by atoms with E-state index < -0.39 is 5.54 Å². The van der Waals surface area contributed by atoms with E-state index in [-0.39, 0.29) is 18.0 Å². The standard InChI is InChI=1S/C13H23N3O2S/c1-10(2)16-11(17)13(14-12(16)18)5-7-15(9-13)6-4-8-19-3/h10H,4-9H2,1-3H3,(H,14,18). The van der Waals surface area contributed by atoms with Crippen molar-refractivity contribution in [3.8, 4) is 0 Å². The van der Waals surface area contributed by atoms with Gasteiger partial charge in [0.15, 0.2) is 0 Å². The number of urea groups is 1. The van der Waals surface area contributed by atoms with Gasteiger partial charge in [0.25, 0.3) is 5.91 Å². The lowest BCUT2D eigenvalue weighted by atomic mass is 9.98. The van der Waals surface area contributed by atoms with Gasteiger partial charge in [-0.2, -0.15) is 11.8 Å². The number of imide groups is 1. The molecule has 0 aromatic heterocycles. The molecule has 3 amide bonds. The van der Waals surface area contributed by atoms with E-state index in [9.17, 15) is 9.59 Å². The molecule has 5 nitrogen and oxygen atoms in total. The zero-order valence-corrected chi connectivity index (χ0v) is 12.8. The summed E-state index contributed by atoms with van der Waals surface area (Å²) in [5.74, 6) is 1.10. The molecule has 1 unspecified atom stereocenters. The monoisotopic (exact) mass is 285 g/mol. The van der Waals surface area contributed by atoms with Gasteiger partial charge in [-0.05, 0) is 45.2 Å². The van der Waals surface area contributed by atoms with Crippen LogP contribution in [-0.4, -0.2) is 65.0 Å². The van der Waals surface area contributed by atoms with Crippen LogP contribution in [0.2, 0.25) is 0 Å². The van der Waals surface area contributed by atoms with Gasteiger partial charge in [0.05, 0.1) is 0 Å². The Hall–Kier alpha value is -0.750. The first kappa shape index (κ1) is 14.7. The zero-order valence-electron chi connectivity index (χ0n) is 11.9. The summed E-state index contributed by atoms with van der Waals surface area (Å²) in [4.78, 5) is 28.1. The SMILES string of the molecule is CSCCCN1CCC2(C1)NC(=O)N(C(C)C)C2=O. The first-order chi connectivity index (χ1) is 9.00. The van der Waals surface area contributed by atoms with Crippen molar-refractivity contribution >= 4 is 23.7 Å². The number of amides is 3. The van der Waals surface area contributed by atoms with Crippen LogP contribution in [0, 0.1) is 0 Å². The number of nitrogens with zero attached hydrogens (tertiary/aromatic N) is 2. The van der Waals surface area contributed by atoms with Crippen molar-refractivity contribution in [1.82, 2.24) is 15.1 Å². The number of rotatable bonds is 5. The molecule has 0 aliphatic carbocycles. The average Bonchev–Trinajstić information content (AvgIpc) is 2.83. The van der Waals surface area contributed by atoms with Crippen LogP contribution in [0.25, 0.3) is 0 Å². The van der Waals surface area contributed by atoms with Gasteiger partial charge in [0.1, 0.15) is 5.54 Å². The van der Waals surface area contributed by atoms with Gasteiger partial charge < -0.3 is 10.2 Å². The first-order valence-corrected chi connectivity index (χ1v) is 8.26. The number of nitrogens with one attached hydrogen (secondary N) is 1. The summed E-state index contributed by atoms with van der Waals surface area (Å²) in [5.41, 5.74) is -0.652. The molecule has 2 aliphatic heterocycles. The summed E-state index contributed by atoms with van der Waals surface area (Å²) in [6, 6.07) is -0.302. The lowest BCUT2D eigenvalue weighted by molar-refractivity contribution is -0.132. The summed E-state index contributed by atoms with van der Waals surface area (Å²) in [7, 11) is 0. The van der Waals surface area contributed by atoms with Crippen LogP contribution in [0.3, 0.4) is 0 Å². The Morgan fingerprint density at radius 1 is 1.42 bits per heavy atom. The van der Waals surface area contributed by atoms with Crippen LogP contribution < -0.4 is 5.32 Å². The Morgan fingerprint density at radius 2 is 2.16 bits per heavy atom. The quantitative estimate of drug-likeness (QED) is 0.608. The third kappa shape index (κ3) is 2.74. The van der Waals surface area contributed by atoms with Gasteiger partial charge in [-0.1, -0.05) is 0 Å². The van der Waals surface area contributed by atoms with E-state index in [1.165, 1.54) is 4.90 Å². The maximum atomic E-state index is 12.5. The van der Waals surface area contributed by atoms with E-state index in [1.807, 2.05) is 25.6 Å². The van der Waals surface area contributed by atoms with Crippen LogP contribution >= 0.6 is 11.8 Å². The van der Waals surface area contributed by atoms with Crippen LogP contribution in [0.15, 0.2) is 0 Å². The highest BCUT2D eigenvalue weighted by molar-refractivity contribution is 7.98. The molecule has 0 bridgehead atoms. The predicted octanol–water partition coefficient (Wildman–Crippen LogP) is 1.14. The Labute approximate surface area is 119 Å². The van der Waals surface area contributed by atoms with Crippen molar-refractivity contribution in [2.45, 2.75) is 38.3 Å². The summed E-state index contributed by atoms with van der Waals surface area (Å²) in [5, 5.41) is 2.92. The van der Waals surface area contributed by atoms with E-state index in [0.717, 1.165) is 31.7 Å². The molecule has 0 aromatic carbocycles. The average molecular weight is 285 g/mol. The number of thioether (sulfide) groups is 1. The number of hydrogen-bond acceptors (Lipinski definition) is 4. The summed E-state index contributed by atoms with van der Waals surface area (Å²) < 4.78 is 0. The molecule has 0 saturated carbocycles. The smallest absolute Gasteiger partial charge is 0.322 e. The minimum atomic E-state index is -0.652. The maximum absolute atomic E-state index is 12.5. The largest absolute Gasteiger partial charge is 0.325 e. The van der Waals surface area contributed by atoms with E-state index >= 15 is 0 Å². The number of carbonyl (C=O) groups is 2. The van der Waals surface area contributed by atoms with Gasteiger partial charge >= 0.3 is 6.03 Å². The molecule has 2 saturated heterocycles. The highest BCUT2D eigenvalue weighted by atomic mass is 32.2.